The van der Waals surface area contributed by atoms with Gasteiger partial charge in [0.2, 0.25) is 5.91 Å². The van der Waals surface area contributed by atoms with E-state index in [1.54, 1.807) is 11.9 Å². The van der Waals surface area contributed by atoms with Gasteiger partial charge in [-0.1, -0.05) is 0 Å². The second-order valence-electron chi connectivity index (χ2n) is 2.53. The van der Waals surface area contributed by atoms with Gasteiger partial charge in [-0.05, 0) is 0 Å². The van der Waals surface area contributed by atoms with Crippen molar-refractivity contribution in [2.24, 2.45) is 5.92 Å². The van der Waals surface area contributed by atoms with Gasteiger partial charge in [-0.2, -0.15) is 0 Å². The lowest BCUT2D eigenvalue weighted by molar-refractivity contribution is -0.126. The minimum atomic E-state index is 0.135. The number of carbonyl (C=O) groups is 1. The Kier molecular flexibility index (Phi) is 1.71. The summed E-state index contributed by atoms with van der Waals surface area (Å²) in [6.45, 7) is 0.853. The van der Waals surface area contributed by atoms with Crippen molar-refractivity contribution in [3.05, 3.63) is 0 Å². The van der Waals surface area contributed by atoms with Crippen LogP contribution >= 0.6 is 0 Å². The first-order valence-electron chi connectivity index (χ1n) is 3.09. The maximum Gasteiger partial charge on any atom is 0.222 e. The van der Waals surface area contributed by atoms with Gasteiger partial charge in [0, 0.05) is 32.5 Å². The molecule has 1 heterocycles. The van der Waals surface area contributed by atoms with E-state index in [-0.39, 0.29) is 18.4 Å². The van der Waals surface area contributed by atoms with Crippen LogP contribution in [0.5, 0.6) is 0 Å². The van der Waals surface area contributed by atoms with Crippen molar-refractivity contribution in [1.82, 2.24) is 4.90 Å². The Bertz CT molecular complexity index is 124. The molecule has 9 heavy (non-hydrogen) atoms. The number of aliphatic hydroxyl groups excluding tert-OH is 1. The lowest BCUT2D eigenvalue weighted by Crippen LogP contribution is -2.19. The highest BCUT2D eigenvalue weighted by atomic mass is 16.3. The van der Waals surface area contributed by atoms with Crippen molar-refractivity contribution < 1.29 is 9.90 Å². The zero-order chi connectivity index (χ0) is 6.85. The van der Waals surface area contributed by atoms with Crippen LogP contribution in [0.3, 0.4) is 0 Å². The molecule has 1 rings (SSSR count). The van der Waals surface area contributed by atoms with E-state index in [9.17, 15) is 4.79 Å². The molecular weight excluding hydrogens is 118 g/mol. The van der Waals surface area contributed by atoms with Crippen LogP contribution in [0.2, 0.25) is 0 Å². The van der Waals surface area contributed by atoms with Crippen LogP contribution in [0.4, 0.5) is 0 Å². The molecule has 0 aromatic carbocycles. The average Bonchev–Trinajstić information content (AvgIpc) is 2.13. The molecule has 0 unspecified atom stereocenters. The minimum Gasteiger partial charge on any atom is -0.396 e. The van der Waals surface area contributed by atoms with Crippen molar-refractivity contribution >= 4 is 5.91 Å². The molecule has 3 nitrogen and oxygen atoms in total. The maximum absolute atomic E-state index is 10.8. The Balaban J connectivity index is 2.44. The summed E-state index contributed by atoms with van der Waals surface area (Å²) < 4.78 is 0. The molecule has 1 atom stereocenters. The molecule has 52 valence electrons. The van der Waals surface area contributed by atoms with Gasteiger partial charge in [-0.3, -0.25) is 4.79 Å². The second kappa shape index (κ2) is 2.35. The molecule has 0 aromatic rings. The summed E-state index contributed by atoms with van der Waals surface area (Å²) in [6, 6.07) is 0. The molecule has 0 aliphatic carbocycles. The summed E-state index contributed by atoms with van der Waals surface area (Å²) in [7, 11) is 1.76. The molecule has 3 heteroatoms. The van der Waals surface area contributed by atoms with E-state index in [0.717, 1.165) is 6.54 Å². The molecule has 0 aromatic heterocycles. The Morgan fingerprint density at radius 2 is 2.56 bits per heavy atom. The molecule has 0 saturated carbocycles. The molecule has 1 aliphatic heterocycles. The van der Waals surface area contributed by atoms with Gasteiger partial charge in [0.15, 0.2) is 0 Å². The number of carbonyl (C=O) groups excluding carboxylic acids is 1. The van der Waals surface area contributed by atoms with Gasteiger partial charge in [0.05, 0.1) is 0 Å². The van der Waals surface area contributed by atoms with E-state index >= 15 is 0 Å². The lowest BCUT2D eigenvalue weighted by Gasteiger charge is -2.06. The van der Waals surface area contributed by atoms with E-state index in [0.29, 0.717) is 6.42 Å². The molecule has 0 bridgehead atoms. The van der Waals surface area contributed by atoms with E-state index in [4.69, 9.17) is 5.11 Å². The first-order chi connectivity index (χ1) is 4.24. The third-order valence-corrected chi connectivity index (χ3v) is 1.68. The monoisotopic (exact) mass is 129 g/mol. The smallest absolute Gasteiger partial charge is 0.222 e. The number of nitrogens with zero attached hydrogens (tertiary/aromatic N) is 1. The quantitative estimate of drug-likeness (QED) is 0.516. The first kappa shape index (κ1) is 6.55. The number of rotatable bonds is 1. The maximum atomic E-state index is 10.8. The molecule has 0 radical (unpaired) electrons. The summed E-state index contributed by atoms with van der Waals surface area (Å²) in [5.41, 5.74) is 0. The van der Waals surface area contributed by atoms with Crippen LogP contribution in [0.25, 0.3) is 0 Å². The van der Waals surface area contributed by atoms with Gasteiger partial charge in [-0.25, -0.2) is 0 Å². The fourth-order valence-electron chi connectivity index (χ4n) is 1.08. The topological polar surface area (TPSA) is 40.5 Å². The lowest BCUT2D eigenvalue weighted by atomic mass is 10.1. The third-order valence-electron chi connectivity index (χ3n) is 1.68. The molecular formula is C6H11NO2. The molecule has 0 spiro atoms. The van der Waals surface area contributed by atoms with E-state index < -0.39 is 0 Å². The van der Waals surface area contributed by atoms with Crippen LogP contribution in [0, 0.1) is 5.92 Å². The van der Waals surface area contributed by atoms with Crippen LogP contribution in [-0.2, 0) is 4.79 Å². The average molecular weight is 129 g/mol. The van der Waals surface area contributed by atoms with Gasteiger partial charge in [0.25, 0.3) is 0 Å². The van der Waals surface area contributed by atoms with Crippen LogP contribution in [0.15, 0.2) is 0 Å². The Morgan fingerprint density at radius 1 is 1.89 bits per heavy atom. The summed E-state index contributed by atoms with van der Waals surface area (Å²) in [4.78, 5) is 12.4. The molecule has 1 fully saturated rings. The number of hydrogen-bond acceptors (Lipinski definition) is 2. The molecule has 1 saturated heterocycles. The zero-order valence-electron chi connectivity index (χ0n) is 5.50. The van der Waals surface area contributed by atoms with Gasteiger partial charge < -0.3 is 10.0 Å². The van der Waals surface area contributed by atoms with Crippen molar-refractivity contribution in [3.63, 3.8) is 0 Å². The van der Waals surface area contributed by atoms with Crippen molar-refractivity contribution in [2.75, 3.05) is 20.2 Å². The highest BCUT2D eigenvalue weighted by Gasteiger charge is 2.25. The van der Waals surface area contributed by atoms with Crippen molar-refractivity contribution in [2.45, 2.75) is 6.42 Å². The largest absolute Gasteiger partial charge is 0.396 e. The van der Waals surface area contributed by atoms with Crippen LogP contribution in [0.1, 0.15) is 6.42 Å². The summed E-state index contributed by atoms with van der Waals surface area (Å²) in [6.07, 6.45) is 0.521. The third kappa shape index (κ3) is 1.21. The van der Waals surface area contributed by atoms with Crippen LogP contribution < -0.4 is 0 Å². The normalized spacial score (nSPS) is 27.6. The van der Waals surface area contributed by atoms with Crippen molar-refractivity contribution in [3.8, 4) is 0 Å². The second-order valence-corrected chi connectivity index (χ2v) is 2.53. The first-order valence-corrected chi connectivity index (χ1v) is 3.09. The van der Waals surface area contributed by atoms with Gasteiger partial charge >= 0.3 is 0 Å². The fourth-order valence-corrected chi connectivity index (χ4v) is 1.08. The Labute approximate surface area is 54.3 Å². The van der Waals surface area contributed by atoms with E-state index in [2.05, 4.69) is 0 Å². The van der Waals surface area contributed by atoms with Gasteiger partial charge in [0.1, 0.15) is 0 Å². The predicted molar refractivity (Wildman–Crippen MR) is 32.8 cm³/mol. The van der Waals surface area contributed by atoms with Gasteiger partial charge in [-0.15, -0.1) is 0 Å². The Morgan fingerprint density at radius 3 is 2.78 bits per heavy atom. The molecule has 1 N–H and O–H groups in total. The SMILES string of the molecule is CN1C[C@@H](CO)CC1=O. The number of aliphatic hydroxyl groups is 1. The van der Waals surface area contributed by atoms with E-state index in [1.807, 2.05) is 0 Å². The molecule has 1 amide bonds. The standard InChI is InChI=1S/C6H11NO2/c1-7-3-5(4-8)2-6(7)9/h5,8H,2-4H2,1H3/t5-/m0/s1. The number of hydrogen-bond donors (Lipinski definition) is 1. The summed E-state index contributed by atoms with van der Waals surface area (Å²) in [5.74, 6) is 0.330. The Hall–Kier alpha value is -0.570. The summed E-state index contributed by atoms with van der Waals surface area (Å²) in [5, 5.41) is 8.62. The predicted octanol–water partition coefficient (Wildman–Crippen LogP) is -0.543. The zero-order valence-corrected chi connectivity index (χ0v) is 5.50. The molecule has 1 aliphatic rings. The highest BCUT2D eigenvalue weighted by molar-refractivity contribution is 5.78. The van der Waals surface area contributed by atoms with Crippen molar-refractivity contribution in [1.29, 1.82) is 0 Å². The van der Waals surface area contributed by atoms with E-state index in [1.165, 1.54) is 0 Å². The summed E-state index contributed by atoms with van der Waals surface area (Å²) >= 11 is 0. The fraction of sp³-hybridized carbons (Fsp3) is 0.833. The van der Waals surface area contributed by atoms with Crippen LogP contribution in [-0.4, -0.2) is 36.1 Å². The number of amides is 1. The minimum absolute atomic E-state index is 0.135. The highest BCUT2D eigenvalue weighted by Crippen LogP contribution is 2.13. The number of likely N-dealkylation sites (tertiary alicyclic amines) is 1.